The quantitative estimate of drug-likeness (QED) is 0.164. The summed E-state index contributed by atoms with van der Waals surface area (Å²) in [7, 11) is -3.98. The number of aromatic nitrogens is 2. The molecule has 334 valence electrons. The minimum atomic E-state index is -4.64. The maximum absolute atomic E-state index is 14.8. The highest BCUT2D eigenvalue weighted by molar-refractivity contribution is 7.91. The first-order chi connectivity index (χ1) is 30.2. The summed E-state index contributed by atoms with van der Waals surface area (Å²) in [4.78, 5) is 66.9. The van der Waals surface area contributed by atoms with Gasteiger partial charge in [-0.05, 0) is 88.5 Å². The van der Waals surface area contributed by atoms with Gasteiger partial charge in [-0.2, -0.15) is 18.2 Å². The predicted molar refractivity (Wildman–Crippen MR) is 221 cm³/mol. The van der Waals surface area contributed by atoms with Crippen LogP contribution in [-0.4, -0.2) is 88.7 Å². The number of allylic oxidation sites excluding steroid dienone is 1. The monoisotopic (exact) mass is 892 g/mol. The third-order valence-corrected chi connectivity index (χ3v) is 14.4. The molecular formula is C44H47F3N6O9S. The largest absolute Gasteiger partial charge is 0.470 e. The van der Waals surface area contributed by atoms with E-state index in [1.165, 1.54) is 17.0 Å². The average Bonchev–Trinajstić information content (AvgIpc) is 4.06. The number of amides is 4. The van der Waals surface area contributed by atoms with Crippen LogP contribution in [0.4, 0.5) is 18.0 Å². The molecule has 2 aromatic carbocycles. The third kappa shape index (κ3) is 8.93. The maximum atomic E-state index is 14.8. The van der Waals surface area contributed by atoms with E-state index in [2.05, 4.69) is 25.3 Å². The van der Waals surface area contributed by atoms with Crippen molar-refractivity contribution in [2.24, 2.45) is 5.92 Å². The second-order valence-corrected chi connectivity index (χ2v) is 19.2. The number of fused-ring (bicyclic) bond motifs is 5. The van der Waals surface area contributed by atoms with Gasteiger partial charge in [0.15, 0.2) is 5.82 Å². The lowest BCUT2D eigenvalue weighted by Gasteiger charge is -2.30. The van der Waals surface area contributed by atoms with Gasteiger partial charge in [-0.3, -0.25) is 19.1 Å². The highest BCUT2D eigenvalue weighted by Crippen LogP contribution is 2.46. The van der Waals surface area contributed by atoms with Crippen molar-refractivity contribution in [3.63, 3.8) is 0 Å². The van der Waals surface area contributed by atoms with Crippen molar-refractivity contribution >= 4 is 55.9 Å². The summed E-state index contributed by atoms with van der Waals surface area (Å²) in [6.07, 6.45) is 3.99. The van der Waals surface area contributed by atoms with Crippen LogP contribution < -0.4 is 20.1 Å². The number of alkyl halides is 3. The van der Waals surface area contributed by atoms with Gasteiger partial charge in [0, 0.05) is 23.3 Å². The van der Waals surface area contributed by atoms with Gasteiger partial charge >= 0.3 is 12.3 Å². The zero-order chi connectivity index (χ0) is 44.1. The number of furan rings is 1. The van der Waals surface area contributed by atoms with Gasteiger partial charge < -0.3 is 29.4 Å². The lowest BCUT2D eigenvalue weighted by atomic mass is 10.0. The molecule has 15 nitrogen and oxygen atoms in total. The summed E-state index contributed by atoms with van der Waals surface area (Å²) in [5.74, 6) is -2.96. The molecule has 63 heavy (non-hydrogen) atoms. The van der Waals surface area contributed by atoms with Gasteiger partial charge in [0.05, 0.1) is 17.4 Å². The number of carbonyl (C=O) groups is 4. The summed E-state index contributed by atoms with van der Waals surface area (Å²) in [5.41, 5.74) is -1.72. The molecule has 4 heterocycles. The third-order valence-electron chi connectivity index (χ3n) is 12.6. The Bertz CT molecular complexity index is 2590. The van der Waals surface area contributed by atoms with Crippen LogP contribution in [0.5, 0.6) is 5.88 Å². The Hall–Kier alpha value is -5.72. The Morgan fingerprint density at radius 3 is 2.49 bits per heavy atom. The number of ether oxygens (including phenoxy) is 2. The zero-order valence-corrected chi connectivity index (χ0v) is 35.0. The summed E-state index contributed by atoms with van der Waals surface area (Å²) >= 11 is 0. The van der Waals surface area contributed by atoms with Gasteiger partial charge in [-0.25, -0.2) is 18.2 Å². The molecule has 4 amide bonds. The smallest absolute Gasteiger partial charge is 0.416 e. The standard InChI is InChI=1S/C44H47F3N6O9S/c45-44(46,47)26-13-10-11-25(21-26)37-49-35-31-16-8-9-18-34(31)62-36(35)39(50-37)60-29-22-33-38(54)51-43(41(56)52-63(58,59)30-19-20-30)23-27(43)12-4-2-1-3-5-17-32(40(55)53(33)24-29)48-42(57)61-28-14-6-7-15-28/h4,8-13,16,18,21,27-30,32-33H,1-3,5-7,14-15,17,19-20,22-24H2,(H,48,57)(H,51,54)(H,52,56)/t27-,29-,32+,33+,43-/m1/s1. The molecule has 9 rings (SSSR count). The van der Waals surface area contributed by atoms with E-state index in [1.807, 2.05) is 12.2 Å². The SMILES string of the molecule is O=C(N[C@H]1CCCCCC=C[C@@H]2C[C@@]2(C(=O)NS(=O)(=O)C2CC2)NC(=O)[C@@H]2C[C@@H](Oc3nc(-c4cccc(C(F)(F)F)c4)nc4c3oc3ccccc34)CN2C1=O)OC1CCCC1. The lowest BCUT2D eigenvalue weighted by molar-refractivity contribution is -0.141. The van der Waals surface area contributed by atoms with E-state index in [0.29, 0.717) is 55.9 Å². The summed E-state index contributed by atoms with van der Waals surface area (Å²) in [5, 5.41) is 5.44. The van der Waals surface area contributed by atoms with E-state index < -0.39 is 80.5 Å². The Labute approximate surface area is 360 Å². The fraction of sp³-hybridized carbons (Fsp3) is 0.500. The van der Waals surface area contributed by atoms with E-state index in [-0.39, 0.29) is 60.3 Å². The average molecular weight is 893 g/mol. The van der Waals surface area contributed by atoms with Gasteiger partial charge in [0.25, 0.3) is 11.8 Å². The van der Waals surface area contributed by atoms with Crippen LogP contribution in [0.1, 0.15) is 89.0 Å². The van der Waals surface area contributed by atoms with Gasteiger partial charge in [-0.1, -0.05) is 49.3 Å². The molecule has 5 atom stereocenters. The Kier molecular flexibility index (Phi) is 11.3. The number of nitrogens with one attached hydrogen (secondary N) is 3. The first-order valence-corrected chi connectivity index (χ1v) is 23.1. The van der Waals surface area contributed by atoms with E-state index in [0.717, 1.165) is 31.4 Å². The zero-order valence-electron chi connectivity index (χ0n) is 34.2. The molecule has 0 unspecified atom stereocenters. The fourth-order valence-corrected chi connectivity index (χ4v) is 10.3. The predicted octanol–water partition coefficient (Wildman–Crippen LogP) is 6.45. The molecule has 2 aliphatic heterocycles. The van der Waals surface area contributed by atoms with Crippen LogP contribution in [0.25, 0.3) is 33.5 Å². The highest BCUT2D eigenvalue weighted by Gasteiger charge is 2.62. The van der Waals surface area contributed by atoms with E-state index >= 15 is 0 Å². The van der Waals surface area contributed by atoms with Crippen molar-refractivity contribution in [1.82, 2.24) is 30.2 Å². The summed E-state index contributed by atoms with van der Waals surface area (Å²) < 4.78 is 87.9. The molecule has 5 aliphatic rings. The Morgan fingerprint density at radius 1 is 0.937 bits per heavy atom. The number of nitrogens with zero attached hydrogens (tertiary/aromatic N) is 3. The molecule has 0 radical (unpaired) electrons. The van der Waals surface area contributed by atoms with Crippen LogP contribution in [0.2, 0.25) is 0 Å². The molecule has 0 bridgehead atoms. The number of hydrogen-bond donors (Lipinski definition) is 3. The van der Waals surface area contributed by atoms with Gasteiger partial charge in [0.2, 0.25) is 27.4 Å². The summed E-state index contributed by atoms with van der Waals surface area (Å²) in [6, 6.07) is 9.06. The molecule has 2 aromatic heterocycles. The minimum Gasteiger partial charge on any atom is -0.470 e. The number of para-hydroxylation sites is 1. The van der Waals surface area contributed by atoms with Crippen LogP contribution in [0.15, 0.2) is 65.1 Å². The van der Waals surface area contributed by atoms with Crippen molar-refractivity contribution in [3.8, 4) is 17.3 Å². The second-order valence-electron chi connectivity index (χ2n) is 17.2. The van der Waals surface area contributed by atoms with Gasteiger partial charge in [0.1, 0.15) is 40.9 Å². The van der Waals surface area contributed by atoms with Crippen molar-refractivity contribution in [3.05, 3.63) is 66.2 Å². The Morgan fingerprint density at radius 2 is 1.71 bits per heavy atom. The van der Waals surface area contributed by atoms with Crippen LogP contribution in [0.3, 0.4) is 0 Å². The number of hydrogen-bond acceptors (Lipinski definition) is 11. The maximum Gasteiger partial charge on any atom is 0.416 e. The van der Waals surface area contributed by atoms with Gasteiger partial charge in [-0.15, -0.1) is 0 Å². The molecule has 4 aromatic rings. The first-order valence-electron chi connectivity index (χ1n) is 21.5. The number of carbonyl (C=O) groups excluding carboxylic acids is 4. The highest BCUT2D eigenvalue weighted by atomic mass is 32.2. The van der Waals surface area contributed by atoms with E-state index in [9.17, 15) is 40.8 Å². The number of benzene rings is 2. The molecule has 3 N–H and O–H groups in total. The molecule has 3 aliphatic carbocycles. The molecular weight excluding hydrogens is 846 g/mol. The fourth-order valence-electron chi connectivity index (χ4n) is 8.95. The lowest BCUT2D eigenvalue weighted by Crippen LogP contribution is -2.58. The summed E-state index contributed by atoms with van der Waals surface area (Å²) in [6.45, 7) is -0.212. The topological polar surface area (TPSA) is 199 Å². The number of halogens is 3. The van der Waals surface area contributed by atoms with E-state index in [4.69, 9.17) is 13.9 Å². The second kappa shape index (κ2) is 16.8. The van der Waals surface area contributed by atoms with Crippen molar-refractivity contribution in [2.75, 3.05) is 6.54 Å². The number of rotatable bonds is 8. The molecule has 4 fully saturated rings. The van der Waals surface area contributed by atoms with Crippen molar-refractivity contribution in [1.29, 1.82) is 0 Å². The molecule has 0 spiro atoms. The van der Waals surface area contributed by atoms with E-state index in [1.54, 1.807) is 24.3 Å². The van der Waals surface area contributed by atoms with Crippen LogP contribution in [-0.2, 0) is 35.3 Å². The minimum absolute atomic E-state index is 0.0502. The van der Waals surface area contributed by atoms with Crippen molar-refractivity contribution in [2.45, 2.75) is 125 Å². The number of alkyl carbamates (subject to hydrolysis) is 1. The van der Waals surface area contributed by atoms with Crippen molar-refractivity contribution < 1.29 is 54.7 Å². The van der Waals surface area contributed by atoms with Crippen LogP contribution >= 0.6 is 0 Å². The normalized spacial score (nSPS) is 26.0. The molecule has 3 saturated carbocycles. The van der Waals surface area contributed by atoms with Crippen LogP contribution in [0, 0.1) is 5.92 Å². The number of sulfonamides is 1. The molecule has 19 heteroatoms. The Balaban J connectivity index is 1.06. The first kappa shape index (κ1) is 42.6. The molecule has 1 saturated heterocycles.